The van der Waals surface area contributed by atoms with Crippen LogP contribution in [0.5, 0.6) is 0 Å². The second kappa shape index (κ2) is 3.89. The van der Waals surface area contributed by atoms with Crippen LogP contribution in [0.1, 0.15) is 5.56 Å². The van der Waals surface area contributed by atoms with E-state index in [-0.39, 0.29) is 0 Å². The predicted octanol–water partition coefficient (Wildman–Crippen LogP) is 2.47. The summed E-state index contributed by atoms with van der Waals surface area (Å²) in [6.07, 6.45) is 7.49. The normalized spacial score (nSPS) is 11.2. The lowest BCUT2D eigenvalue weighted by Crippen LogP contribution is -1.99. The minimum atomic E-state index is 0.523. The van der Waals surface area contributed by atoms with Crippen LogP contribution in [0.3, 0.4) is 0 Å². The molecule has 0 aliphatic rings. The van der Waals surface area contributed by atoms with Crippen LogP contribution in [0.15, 0.2) is 37.1 Å². The Kier molecular flexibility index (Phi) is 2.37. The minimum Gasteiger partial charge on any atom is -0.336 e. The molecule has 3 aromatic heterocycles. The average molecular weight is 247 g/mol. The van der Waals surface area contributed by atoms with Gasteiger partial charge in [-0.3, -0.25) is 0 Å². The molecule has 0 saturated heterocycles. The fraction of sp³-hybridized carbons (Fsp3) is 0.167. The van der Waals surface area contributed by atoms with Crippen molar-refractivity contribution in [2.75, 3.05) is 0 Å². The molecule has 0 radical (unpaired) electrons. The zero-order valence-corrected chi connectivity index (χ0v) is 10.1. The molecular weight excluding hydrogens is 236 g/mol. The first kappa shape index (κ1) is 10.4. The van der Waals surface area contributed by atoms with Crippen LogP contribution < -0.4 is 0 Å². The molecule has 0 N–H and O–H groups in total. The largest absolute Gasteiger partial charge is 0.336 e. The van der Waals surface area contributed by atoms with Crippen molar-refractivity contribution in [3.8, 4) is 0 Å². The second-order valence-corrected chi connectivity index (χ2v) is 4.39. The van der Waals surface area contributed by atoms with Gasteiger partial charge in [0.05, 0.1) is 6.33 Å². The number of nitrogens with zero attached hydrogens (tertiary/aromatic N) is 4. The van der Waals surface area contributed by atoms with E-state index in [0.717, 1.165) is 23.1 Å². The highest BCUT2D eigenvalue weighted by atomic mass is 35.5. The number of imidazole rings is 1. The molecule has 17 heavy (non-hydrogen) atoms. The van der Waals surface area contributed by atoms with Gasteiger partial charge in [-0.15, -0.1) is 0 Å². The molecule has 3 rings (SSSR count). The van der Waals surface area contributed by atoms with Gasteiger partial charge in [-0.2, -0.15) is 0 Å². The van der Waals surface area contributed by atoms with Crippen LogP contribution in [-0.2, 0) is 13.6 Å². The molecule has 0 saturated carbocycles. The number of rotatable bonds is 2. The van der Waals surface area contributed by atoms with Gasteiger partial charge in [-0.1, -0.05) is 11.6 Å². The van der Waals surface area contributed by atoms with E-state index in [0.29, 0.717) is 5.15 Å². The Morgan fingerprint density at radius 2 is 2.24 bits per heavy atom. The minimum absolute atomic E-state index is 0.523. The third kappa shape index (κ3) is 1.80. The van der Waals surface area contributed by atoms with Gasteiger partial charge in [0.1, 0.15) is 10.8 Å². The molecule has 3 heterocycles. The van der Waals surface area contributed by atoms with Crippen molar-refractivity contribution in [2.45, 2.75) is 6.54 Å². The summed E-state index contributed by atoms with van der Waals surface area (Å²) in [5.74, 6) is 0. The summed E-state index contributed by atoms with van der Waals surface area (Å²) in [7, 11) is 1.96. The summed E-state index contributed by atoms with van der Waals surface area (Å²) >= 11 is 6.04. The summed E-state index contributed by atoms with van der Waals surface area (Å²) in [5.41, 5.74) is 2.06. The molecule has 4 nitrogen and oxygen atoms in total. The lowest BCUT2D eigenvalue weighted by Gasteiger charge is -2.05. The summed E-state index contributed by atoms with van der Waals surface area (Å²) in [5, 5.41) is 1.65. The number of hydrogen-bond donors (Lipinski definition) is 0. The van der Waals surface area contributed by atoms with Crippen LogP contribution in [0, 0.1) is 0 Å². The summed E-state index contributed by atoms with van der Waals surface area (Å²) in [6.45, 7) is 0.753. The number of halogens is 1. The van der Waals surface area contributed by atoms with Gasteiger partial charge in [0.15, 0.2) is 0 Å². The first-order chi connectivity index (χ1) is 8.24. The Morgan fingerprint density at radius 1 is 1.35 bits per heavy atom. The van der Waals surface area contributed by atoms with E-state index >= 15 is 0 Å². The highest BCUT2D eigenvalue weighted by Crippen LogP contribution is 2.22. The van der Waals surface area contributed by atoms with Crippen LogP contribution in [0.4, 0.5) is 0 Å². The van der Waals surface area contributed by atoms with Gasteiger partial charge >= 0.3 is 0 Å². The molecule has 86 valence electrons. The molecule has 5 heteroatoms. The van der Waals surface area contributed by atoms with Gasteiger partial charge in [-0.05, 0) is 17.7 Å². The standard InChI is InChI=1S/C12H11ClN4/c1-16-4-2-10-9(6-11(13)15-12(10)16)7-17-5-3-14-8-17/h2-6,8H,7H2,1H3. The molecular formula is C12H11ClN4. The Hall–Kier alpha value is -1.81. The van der Waals surface area contributed by atoms with E-state index in [1.54, 1.807) is 12.5 Å². The van der Waals surface area contributed by atoms with E-state index in [1.165, 1.54) is 0 Å². The number of aryl methyl sites for hydroxylation is 1. The Balaban J connectivity index is 2.15. The maximum atomic E-state index is 6.04. The van der Waals surface area contributed by atoms with Gasteiger partial charge < -0.3 is 9.13 Å². The molecule has 0 bridgehead atoms. The molecule has 0 fully saturated rings. The molecule has 0 aromatic carbocycles. The maximum Gasteiger partial charge on any atom is 0.141 e. The van der Waals surface area contributed by atoms with Crippen LogP contribution >= 0.6 is 11.6 Å². The molecule has 3 aromatic rings. The molecule has 0 aliphatic carbocycles. The van der Waals surface area contributed by atoms with Crippen molar-refractivity contribution < 1.29 is 0 Å². The van der Waals surface area contributed by atoms with Crippen molar-refractivity contribution in [2.24, 2.45) is 7.05 Å². The lowest BCUT2D eigenvalue weighted by molar-refractivity contribution is 0.801. The second-order valence-electron chi connectivity index (χ2n) is 4.00. The van der Waals surface area contributed by atoms with Gasteiger partial charge in [0.2, 0.25) is 0 Å². The predicted molar refractivity (Wildman–Crippen MR) is 67.1 cm³/mol. The van der Waals surface area contributed by atoms with Gasteiger partial charge in [0, 0.05) is 37.6 Å². The Bertz CT molecular complexity index is 655. The SMILES string of the molecule is Cn1ccc2c(Cn3ccnc3)cc(Cl)nc21. The molecule has 0 atom stereocenters. The van der Waals surface area contributed by atoms with Gasteiger partial charge in [-0.25, -0.2) is 9.97 Å². The Labute approximate surface area is 103 Å². The summed E-state index contributed by atoms with van der Waals surface area (Å²) in [4.78, 5) is 8.36. The first-order valence-electron chi connectivity index (χ1n) is 5.30. The fourth-order valence-corrected chi connectivity index (χ4v) is 2.19. The summed E-state index contributed by atoms with van der Waals surface area (Å²) < 4.78 is 3.98. The lowest BCUT2D eigenvalue weighted by atomic mass is 10.2. The van der Waals surface area contributed by atoms with Crippen molar-refractivity contribution in [3.63, 3.8) is 0 Å². The average Bonchev–Trinajstić information content (AvgIpc) is 2.90. The first-order valence-corrected chi connectivity index (χ1v) is 5.68. The molecule has 0 unspecified atom stereocenters. The Morgan fingerprint density at radius 3 is 3.00 bits per heavy atom. The van der Waals surface area contributed by atoms with E-state index in [1.807, 2.05) is 34.6 Å². The number of aromatic nitrogens is 4. The zero-order chi connectivity index (χ0) is 11.8. The van der Waals surface area contributed by atoms with E-state index in [2.05, 4.69) is 16.0 Å². The smallest absolute Gasteiger partial charge is 0.141 e. The fourth-order valence-electron chi connectivity index (χ4n) is 1.97. The van der Waals surface area contributed by atoms with Crippen LogP contribution in [-0.4, -0.2) is 19.1 Å². The van der Waals surface area contributed by atoms with Crippen molar-refractivity contribution in [3.05, 3.63) is 47.8 Å². The van der Waals surface area contributed by atoms with E-state index in [4.69, 9.17) is 11.6 Å². The number of fused-ring (bicyclic) bond motifs is 1. The highest BCUT2D eigenvalue weighted by Gasteiger charge is 2.08. The monoisotopic (exact) mass is 246 g/mol. The third-order valence-electron chi connectivity index (χ3n) is 2.80. The number of hydrogen-bond acceptors (Lipinski definition) is 2. The topological polar surface area (TPSA) is 35.6 Å². The van der Waals surface area contributed by atoms with E-state index in [9.17, 15) is 0 Å². The molecule has 0 aliphatic heterocycles. The van der Waals surface area contributed by atoms with E-state index < -0.39 is 0 Å². The van der Waals surface area contributed by atoms with Crippen molar-refractivity contribution >= 4 is 22.6 Å². The molecule has 0 spiro atoms. The summed E-state index contributed by atoms with van der Waals surface area (Å²) in [6, 6.07) is 3.97. The van der Waals surface area contributed by atoms with Crippen LogP contribution in [0.2, 0.25) is 5.15 Å². The molecule has 0 amide bonds. The highest BCUT2D eigenvalue weighted by molar-refractivity contribution is 6.29. The maximum absolute atomic E-state index is 6.04. The van der Waals surface area contributed by atoms with Crippen LogP contribution in [0.25, 0.3) is 11.0 Å². The van der Waals surface area contributed by atoms with Crippen molar-refractivity contribution in [1.82, 2.24) is 19.1 Å². The number of pyridine rings is 1. The zero-order valence-electron chi connectivity index (χ0n) is 9.34. The van der Waals surface area contributed by atoms with Gasteiger partial charge in [0.25, 0.3) is 0 Å². The van der Waals surface area contributed by atoms with Crippen molar-refractivity contribution in [1.29, 1.82) is 0 Å². The quantitative estimate of drug-likeness (QED) is 0.652. The third-order valence-corrected chi connectivity index (χ3v) is 3.00.